The first kappa shape index (κ1) is 13.0. The van der Waals surface area contributed by atoms with Crippen LogP contribution in [0.4, 0.5) is 11.4 Å². The minimum atomic E-state index is -0.598. The van der Waals surface area contributed by atoms with Crippen molar-refractivity contribution in [3.63, 3.8) is 0 Å². The molecule has 1 atom stereocenters. The molecule has 3 aromatic rings. The van der Waals surface area contributed by atoms with Crippen molar-refractivity contribution in [2.24, 2.45) is 4.99 Å². The normalized spacial score (nSPS) is 21.3. The molecular weight excluding hydrogens is 304 g/mol. The molecule has 0 N–H and O–H groups in total. The van der Waals surface area contributed by atoms with Crippen LogP contribution in [0.2, 0.25) is 0 Å². The van der Waals surface area contributed by atoms with Crippen LogP contribution >= 0.6 is 11.8 Å². The molecule has 5 rings (SSSR count). The Labute approximate surface area is 138 Å². The van der Waals surface area contributed by atoms with Crippen LogP contribution in [-0.4, -0.2) is 18.3 Å². The Balaban J connectivity index is 1.65. The molecule has 1 spiro atoms. The first-order valence-electron chi connectivity index (χ1n) is 7.55. The molecule has 0 saturated carbocycles. The highest BCUT2D eigenvalue weighted by atomic mass is 32.2. The van der Waals surface area contributed by atoms with Gasteiger partial charge in [-0.05, 0) is 35.3 Å². The molecule has 2 aliphatic rings. The summed E-state index contributed by atoms with van der Waals surface area (Å²) in [6.45, 7) is 0. The average molecular weight is 318 g/mol. The fourth-order valence-electron chi connectivity index (χ4n) is 3.20. The fourth-order valence-corrected chi connectivity index (χ4v) is 4.44. The maximum Gasteiger partial charge on any atom is 0.272 e. The van der Waals surface area contributed by atoms with Gasteiger partial charge in [-0.15, -0.1) is 0 Å². The summed E-state index contributed by atoms with van der Waals surface area (Å²) in [7, 11) is 2.05. The third-order valence-electron chi connectivity index (χ3n) is 4.43. The minimum absolute atomic E-state index is 0.598. The van der Waals surface area contributed by atoms with Gasteiger partial charge in [-0.2, -0.15) is 0 Å². The average Bonchev–Trinajstić information content (AvgIpc) is 2.87. The minimum Gasteiger partial charge on any atom is -0.451 e. The zero-order valence-electron chi connectivity index (χ0n) is 12.6. The highest BCUT2D eigenvalue weighted by Gasteiger charge is 2.46. The molecule has 0 fully saturated rings. The molecule has 1 unspecified atom stereocenters. The molecule has 4 heteroatoms. The molecule has 112 valence electrons. The summed E-state index contributed by atoms with van der Waals surface area (Å²) in [6.07, 6.45) is 1.92. The highest BCUT2D eigenvalue weighted by Crippen LogP contribution is 2.52. The summed E-state index contributed by atoms with van der Waals surface area (Å²) in [4.78, 5) is 8.14. The Kier molecular flexibility index (Phi) is 2.56. The van der Waals surface area contributed by atoms with Crippen LogP contribution in [0.1, 0.15) is 0 Å². The second kappa shape index (κ2) is 4.52. The van der Waals surface area contributed by atoms with E-state index in [0.717, 1.165) is 16.8 Å². The van der Waals surface area contributed by atoms with Gasteiger partial charge >= 0.3 is 0 Å². The molecule has 2 heterocycles. The number of thioether (sulfide) groups is 1. The van der Waals surface area contributed by atoms with E-state index in [-0.39, 0.29) is 0 Å². The van der Waals surface area contributed by atoms with E-state index in [2.05, 4.69) is 54.4 Å². The number of hydrogen-bond donors (Lipinski definition) is 0. The van der Waals surface area contributed by atoms with E-state index in [4.69, 9.17) is 9.73 Å². The third kappa shape index (κ3) is 1.75. The van der Waals surface area contributed by atoms with Crippen LogP contribution < -0.4 is 9.64 Å². The number of rotatable bonds is 0. The third-order valence-corrected chi connectivity index (χ3v) is 5.75. The van der Waals surface area contributed by atoms with Crippen molar-refractivity contribution in [3.8, 4) is 5.75 Å². The molecule has 2 aliphatic heterocycles. The number of anilines is 1. The number of nitrogens with zero attached hydrogens (tertiary/aromatic N) is 2. The SMILES string of the molecule is CN1c2ccccc2SC12C=Nc1c(ccc3ccccc13)O2. The monoisotopic (exact) mass is 318 g/mol. The number of hydrogen-bond acceptors (Lipinski definition) is 4. The number of ether oxygens (including phenoxy) is 1. The maximum atomic E-state index is 6.42. The van der Waals surface area contributed by atoms with Crippen molar-refractivity contribution in [1.82, 2.24) is 0 Å². The van der Waals surface area contributed by atoms with Crippen molar-refractivity contribution in [3.05, 3.63) is 60.7 Å². The molecular formula is C19H14N2OS. The quantitative estimate of drug-likeness (QED) is 0.593. The predicted octanol–water partition coefficient (Wildman–Crippen LogP) is 4.83. The van der Waals surface area contributed by atoms with E-state index in [9.17, 15) is 0 Å². The smallest absolute Gasteiger partial charge is 0.272 e. The van der Waals surface area contributed by atoms with Gasteiger partial charge in [0.05, 0.1) is 11.9 Å². The number of para-hydroxylation sites is 1. The molecule has 0 aromatic heterocycles. The van der Waals surface area contributed by atoms with E-state index in [1.54, 1.807) is 11.8 Å². The molecule has 0 radical (unpaired) electrons. The maximum absolute atomic E-state index is 6.42. The summed E-state index contributed by atoms with van der Waals surface area (Å²) in [5.74, 6) is 0.832. The lowest BCUT2D eigenvalue weighted by Crippen LogP contribution is -2.48. The first-order chi connectivity index (χ1) is 11.3. The zero-order valence-corrected chi connectivity index (χ0v) is 13.4. The van der Waals surface area contributed by atoms with Crippen LogP contribution in [-0.2, 0) is 0 Å². The van der Waals surface area contributed by atoms with Gasteiger partial charge in [0.1, 0.15) is 11.4 Å². The zero-order chi connectivity index (χ0) is 15.4. The molecule has 3 nitrogen and oxygen atoms in total. The molecule has 23 heavy (non-hydrogen) atoms. The predicted molar refractivity (Wildman–Crippen MR) is 96.2 cm³/mol. The van der Waals surface area contributed by atoms with Gasteiger partial charge in [0, 0.05) is 17.3 Å². The summed E-state index contributed by atoms with van der Waals surface area (Å²) in [6, 6.07) is 20.7. The van der Waals surface area contributed by atoms with Gasteiger partial charge in [-0.25, -0.2) is 4.99 Å². The molecule has 0 aliphatic carbocycles. The van der Waals surface area contributed by atoms with Crippen LogP contribution in [0, 0.1) is 0 Å². The lowest BCUT2D eigenvalue weighted by molar-refractivity contribution is 0.239. The Bertz CT molecular complexity index is 968. The summed E-state index contributed by atoms with van der Waals surface area (Å²) >= 11 is 1.69. The van der Waals surface area contributed by atoms with Crippen molar-refractivity contribution in [1.29, 1.82) is 0 Å². The van der Waals surface area contributed by atoms with E-state index >= 15 is 0 Å². The van der Waals surface area contributed by atoms with Crippen molar-refractivity contribution in [2.75, 3.05) is 11.9 Å². The van der Waals surface area contributed by atoms with E-state index in [0.29, 0.717) is 0 Å². The second-order valence-corrected chi connectivity index (χ2v) is 6.98. The first-order valence-corrected chi connectivity index (χ1v) is 8.36. The lowest BCUT2D eigenvalue weighted by Gasteiger charge is -2.36. The standard InChI is InChI=1S/C19H14N2OS/c1-21-15-8-4-5-9-17(15)23-19(21)12-20-18-14-7-3-2-6-13(14)10-11-16(18)22-19/h2-12H,1H3. The van der Waals surface area contributed by atoms with Crippen LogP contribution in [0.3, 0.4) is 0 Å². The molecule has 3 aromatic carbocycles. The van der Waals surface area contributed by atoms with Gasteiger partial charge in [0.15, 0.2) is 0 Å². The Morgan fingerprint density at radius 1 is 1.00 bits per heavy atom. The highest BCUT2D eigenvalue weighted by molar-refractivity contribution is 8.01. The largest absolute Gasteiger partial charge is 0.451 e. The Hall–Kier alpha value is -2.46. The van der Waals surface area contributed by atoms with Crippen LogP contribution in [0.5, 0.6) is 5.75 Å². The van der Waals surface area contributed by atoms with Gasteiger partial charge in [-0.3, -0.25) is 0 Å². The summed E-state index contributed by atoms with van der Waals surface area (Å²) < 4.78 is 6.42. The molecule has 0 bridgehead atoms. The second-order valence-electron chi connectivity index (χ2n) is 5.75. The Morgan fingerprint density at radius 3 is 2.74 bits per heavy atom. The van der Waals surface area contributed by atoms with E-state index < -0.39 is 5.06 Å². The molecule has 0 amide bonds. The Morgan fingerprint density at radius 2 is 1.83 bits per heavy atom. The van der Waals surface area contributed by atoms with Gasteiger partial charge < -0.3 is 9.64 Å². The molecule has 0 saturated heterocycles. The number of benzene rings is 3. The van der Waals surface area contributed by atoms with Crippen molar-refractivity contribution < 1.29 is 4.74 Å². The van der Waals surface area contributed by atoms with Gasteiger partial charge in [0.25, 0.3) is 5.06 Å². The summed E-state index contributed by atoms with van der Waals surface area (Å²) in [5, 5.41) is 1.71. The van der Waals surface area contributed by atoms with E-state index in [1.165, 1.54) is 16.0 Å². The van der Waals surface area contributed by atoms with Gasteiger partial charge in [0.2, 0.25) is 0 Å². The van der Waals surface area contributed by atoms with Crippen LogP contribution in [0.15, 0.2) is 70.6 Å². The summed E-state index contributed by atoms with van der Waals surface area (Å²) in [5.41, 5.74) is 2.09. The van der Waals surface area contributed by atoms with Crippen molar-refractivity contribution in [2.45, 2.75) is 9.95 Å². The van der Waals surface area contributed by atoms with Crippen molar-refractivity contribution >= 4 is 40.1 Å². The van der Waals surface area contributed by atoms with E-state index in [1.807, 2.05) is 24.4 Å². The number of aliphatic imine (C=N–C) groups is 1. The lowest BCUT2D eigenvalue weighted by atomic mass is 10.1. The number of fused-ring (bicyclic) bond motifs is 4. The van der Waals surface area contributed by atoms with Gasteiger partial charge in [-0.1, -0.05) is 42.5 Å². The topological polar surface area (TPSA) is 24.8 Å². The van der Waals surface area contributed by atoms with Crippen LogP contribution in [0.25, 0.3) is 10.8 Å². The fraction of sp³-hybridized carbons (Fsp3) is 0.105.